The molecule has 1 aromatic carbocycles. The standard InChI is InChI=1S/C12H16N2O2/c13-6-1-2-9-3-4-11-10(8-9)14-12(15)5-7-16-11/h3-4,8H,1-2,5-7,13H2,(H,14,15). The van der Waals surface area contributed by atoms with Crippen molar-refractivity contribution in [2.24, 2.45) is 5.73 Å². The van der Waals surface area contributed by atoms with Crippen LogP contribution in [0, 0.1) is 0 Å². The summed E-state index contributed by atoms with van der Waals surface area (Å²) in [6.07, 6.45) is 2.29. The number of hydrogen-bond acceptors (Lipinski definition) is 3. The van der Waals surface area contributed by atoms with E-state index in [1.54, 1.807) is 0 Å². The fraction of sp³-hybridized carbons (Fsp3) is 0.417. The molecule has 2 rings (SSSR count). The van der Waals surface area contributed by atoms with Gasteiger partial charge >= 0.3 is 0 Å². The van der Waals surface area contributed by atoms with Gasteiger partial charge < -0.3 is 15.8 Å². The highest BCUT2D eigenvalue weighted by Gasteiger charge is 2.13. The molecule has 4 heteroatoms. The lowest BCUT2D eigenvalue weighted by Crippen LogP contribution is -2.10. The summed E-state index contributed by atoms with van der Waals surface area (Å²) in [6.45, 7) is 1.13. The molecule has 1 aliphatic rings. The number of carbonyl (C=O) groups is 1. The molecule has 0 spiro atoms. The Morgan fingerprint density at radius 2 is 2.31 bits per heavy atom. The summed E-state index contributed by atoms with van der Waals surface area (Å²) in [6, 6.07) is 5.90. The number of rotatable bonds is 3. The first-order chi connectivity index (χ1) is 7.79. The highest BCUT2D eigenvalue weighted by Crippen LogP contribution is 2.28. The molecule has 16 heavy (non-hydrogen) atoms. The summed E-state index contributed by atoms with van der Waals surface area (Å²) < 4.78 is 5.47. The van der Waals surface area contributed by atoms with Crippen LogP contribution in [0.5, 0.6) is 5.75 Å². The van der Waals surface area contributed by atoms with Gasteiger partial charge in [-0.3, -0.25) is 4.79 Å². The molecule has 0 aromatic heterocycles. The average Bonchev–Trinajstić information content (AvgIpc) is 2.46. The molecule has 0 radical (unpaired) electrons. The lowest BCUT2D eigenvalue weighted by atomic mass is 10.1. The van der Waals surface area contributed by atoms with Crippen molar-refractivity contribution in [1.82, 2.24) is 0 Å². The zero-order valence-corrected chi connectivity index (χ0v) is 9.16. The fourth-order valence-electron chi connectivity index (χ4n) is 1.73. The third kappa shape index (κ3) is 2.52. The van der Waals surface area contributed by atoms with Crippen LogP contribution in [0.2, 0.25) is 0 Å². The third-order valence-electron chi connectivity index (χ3n) is 2.57. The van der Waals surface area contributed by atoms with E-state index in [1.807, 2.05) is 18.2 Å². The van der Waals surface area contributed by atoms with Crippen molar-refractivity contribution >= 4 is 11.6 Å². The molecule has 0 unspecified atom stereocenters. The lowest BCUT2D eigenvalue weighted by Gasteiger charge is -2.09. The van der Waals surface area contributed by atoms with Crippen LogP contribution in [0.4, 0.5) is 5.69 Å². The summed E-state index contributed by atoms with van der Waals surface area (Å²) in [7, 11) is 0. The Balaban J connectivity index is 2.19. The molecule has 0 fully saturated rings. The normalized spacial score (nSPS) is 14.7. The number of hydrogen-bond donors (Lipinski definition) is 2. The van der Waals surface area contributed by atoms with Crippen molar-refractivity contribution in [3.05, 3.63) is 23.8 Å². The van der Waals surface area contributed by atoms with E-state index in [4.69, 9.17) is 10.5 Å². The van der Waals surface area contributed by atoms with Crippen molar-refractivity contribution < 1.29 is 9.53 Å². The Labute approximate surface area is 94.8 Å². The number of carbonyl (C=O) groups excluding carboxylic acids is 1. The number of ether oxygens (including phenoxy) is 1. The van der Waals surface area contributed by atoms with Gasteiger partial charge in [-0.15, -0.1) is 0 Å². The second-order valence-corrected chi connectivity index (χ2v) is 3.87. The van der Waals surface area contributed by atoms with Gasteiger partial charge in [0.1, 0.15) is 5.75 Å². The lowest BCUT2D eigenvalue weighted by molar-refractivity contribution is -0.116. The quantitative estimate of drug-likeness (QED) is 0.807. The van der Waals surface area contributed by atoms with E-state index in [-0.39, 0.29) is 5.91 Å². The summed E-state index contributed by atoms with van der Waals surface area (Å²) in [4.78, 5) is 11.4. The van der Waals surface area contributed by atoms with Crippen LogP contribution in [0.3, 0.4) is 0 Å². The Morgan fingerprint density at radius 1 is 1.44 bits per heavy atom. The molecule has 1 amide bonds. The van der Waals surface area contributed by atoms with Crippen LogP contribution in [0.25, 0.3) is 0 Å². The van der Waals surface area contributed by atoms with Gasteiger partial charge in [0.05, 0.1) is 18.7 Å². The highest BCUT2D eigenvalue weighted by atomic mass is 16.5. The van der Waals surface area contributed by atoms with Crippen LogP contribution in [0.15, 0.2) is 18.2 Å². The molecule has 0 saturated heterocycles. The molecule has 0 bridgehead atoms. The predicted molar refractivity (Wildman–Crippen MR) is 62.6 cm³/mol. The number of aryl methyl sites for hydroxylation is 1. The number of anilines is 1. The Kier molecular flexibility index (Phi) is 3.41. The van der Waals surface area contributed by atoms with Crippen LogP contribution >= 0.6 is 0 Å². The monoisotopic (exact) mass is 220 g/mol. The van der Waals surface area contributed by atoms with Gasteiger partial charge in [-0.25, -0.2) is 0 Å². The fourth-order valence-corrected chi connectivity index (χ4v) is 1.73. The zero-order chi connectivity index (χ0) is 11.4. The first-order valence-electron chi connectivity index (χ1n) is 5.55. The second-order valence-electron chi connectivity index (χ2n) is 3.87. The Hall–Kier alpha value is -1.55. The number of nitrogens with one attached hydrogen (secondary N) is 1. The zero-order valence-electron chi connectivity index (χ0n) is 9.16. The summed E-state index contributed by atoms with van der Waals surface area (Å²) in [5, 5.41) is 2.84. The number of fused-ring (bicyclic) bond motifs is 1. The summed E-state index contributed by atoms with van der Waals surface area (Å²) >= 11 is 0. The molecular weight excluding hydrogens is 204 g/mol. The molecule has 3 N–H and O–H groups in total. The molecule has 4 nitrogen and oxygen atoms in total. The van der Waals surface area contributed by atoms with Crippen LogP contribution in [0.1, 0.15) is 18.4 Å². The van der Waals surface area contributed by atoms with Gasteiger partial charge in [-0.2, -0.15) is 0 Å². The van der Waals surface area contributed by atoms with E-state index >= 15 is 0 Å². The maximum Gasteiger partial charge on any atom is 0.227 e. The molecule has 0 saturated carbocycles. The Bertz CT molecular complexity index is 391. The van der Waals surface area contributed by atoms with Gasteiger partial charge in [0.2, 0.25) is 5.91 Å². The average molecular weight is 220 g/mol. The van der Waals surface area contributed by atoms with Crippen LogP contribution in [-0.2, 0) is 11.2 Å². The third-order valence-corrected chi connectivity index (χ3v) is 2.57. The maximum absolute atomic E-state index is 11.4. The van der Waals surface area contributed by atoms with E-state index < -0.39 is 0 Å². The second kappa shape index (κ2) is 4.99. The molecule has 0 aliphatic carbocycles. The van der Waals surface area contributed by atoms with Gasteiger partial charge in [0.25, 0.3) is 0 Å². The van der Waals surface area contributed by atoms with E-state index in [9.17, 15) is 4.79 Å². The van der Waals surface area contributed by atoms with Crippen LogP contribution < -0.4 is 15.8 Å². The van der Waals surface area contributed by atoms with Crippen molar-refractivity contribution in [3.8, 4) is 5.75 Å². The first-order valence-corrected chi connectivity index (χ1v) is 5.55. The number of amides is 1. The summed E-state index contributed by atoms with van der Waals surface area (Å²) in [5.41, 5.74) is 7.42. The minimum Gasteiger partial charge on any atom is -0.491 e. The van der Waals surface area contributed by atoms with Crippen molar-refractivity contribution in [1.29, 1.82) is 0 Å². The topological polar surface area (TPSA) is 64.3 Å². The predicted octanol–water partition coefficient (Wildman–Crippen LogP) is 1.30. The van der Waals surface area contributed by atoms with Crippen LogP contribution in [-0.4, -0.2) is 19.1 Å². The van der Waals surface area contributed by atoms with E-state index in [1.165, 1.54) is 5.56 Å². The maximum atomic E-state index is 11.4. The SMILES string of the molecule is NCCCc1ccc2c(c1)NC(=O)CCO2. The first kappa shape index (κ1) is 11.0. The number of nitrogens with two attached hydrogens (primary N) is 1. The largest absolute Gasteiger partial charge is 0.491 e. The van der Waals surface area contributed by atoms with Crippen molar-refractivity contribution in [2.45, 2.75) is 19.3 Å². The van der Waals surface area contributed by atoms with Crippen molar-refractivity contribution in [2.75, 3.05) is 18.5 Å². The van der Waals surface area contributed by atoms with Gasteiger partial charge in [0.15, 0.2) is 0 Å². The van der Waals surface area contributed by atoms with E-state index in [0.29, 0.717) is 19.6 Å². The smallest absolute Gasteiger partial charge is 0.227 e. The molecule has 86 valence electrons. The summed E-state index contributed by atoms with van der Waals surface area (Å²) in [5.74, 6) is 0.761. The van der Waals surface area contributed by atoms with Gasteiger partial charge in [-0.1, -0.05) is 6.07 Å². The molecular formula is C12H16N2O2. The molecule has 1 aliphatic heterocycles. The van der Waals surface area contributed by atoms with Gasteiger partial charge in [0, 0.05) is 0 Å². The number of benzene rings is 1. The van der Waals surface area contributed by atoms with E-state index in [0.717, 1.165) is 24.3 Å². The molecule has 1 heterocycles. The molecule has 0 atom stereocenters. The minimum atomic E-state index is 0.00900. The van der Waals surface area contributed by atoms with Crippen molar-refractivity contribution in [3.63, 3.8) is 0 Å². The minimum absolute atomic E-state index is 0.00900. The molecule has 1 aromatic rings. The highest BCUT2D eigenvalue weighted by molar-refractivity contribution is 5.93. The van der Waals surface area contributed by atoms with E-state index in [2.05, 4.69) is 5.32 Å². The Morgan fingerprint density at radius 3 is 3.12 bits per heavy atom. The van der Waals surface area contributed by atoms with Gasteiger partial charge in [-0.05, 0) is 37.1 Å².